The van der Waals surface area contributed by atoms with Crippen LogP contribution in [0.1, 0.15) is 31.2 Å². The van der Waals surface area contributed by atoms with Crippen molar-refractivity contribution in [1.82, 2.24) is 15.4 Å². The number of piperidine rings is 1. The van der Waals surface area contributed by atoms with Crippen LogP contribution < -0.4 is 5.32 Å². The Morgan fingerprint density at radius 1 is 1.60 bits per heavy atom. The van der Waals surface area contributed by atoms with Crippen LogP contribution in [0.5, 0.6) is 0 Å². The van der Waals surface area contributed by atoms with Gasteiger partial charge in [-0.15, -0.1) is 0 Å². The van der Waals surface area contributed by atoms with Crippen molar-refractivity contribution in [1.29, 1.82) is 0 Å². The number of aliphatic hydroxyl groups excluding tert-OH is 1. The molecule has 112 valence electrons. The van der Waals surface area contributed by atoms with Gasteiger partial charge in [0.2, 0.25) is 5.91 Å². The van der Waals surface area contributed by atoms with E-state index in [-0.39, 0.29) is 11.8 Å². The van der Waals surface area contributed by atoms with Gasteiger partial charge in [0.05, 0.1) is 18.3 Å². The van der Waals surface area contributed by atoms with Crippen molar-refractivity contribution in [3.63, 3.8) is 0 Å². The van der Waals surface area contributed by atoms with Gasteiger partial charge in [0.15, 0.2) is 5.76 Å². The highest BCUT2D eigenvalue weighted by atomic mass is 16.5. The number of likely N-dealkylation sites (tertiary alicyclic amines) is 1. The van der Waals surface area contributed by atoms with E-state index in [0.29, 0.717) is 6.54 Å². The molecule has 1 aromatic heterocycles. The maximum atomic E-state index is 11.9. The molecule has 0 aromatic carbocycles. The van der Waals surface area contributed by atoms with Crippen molar-refractivity contribution in [3.8, 4) is 0 Å². The van der Waals surface area contributed by atoms with Gasteiger partial charge in [0.25, 0.3) is 0 Å². The lowest BCUT2D eigenvalue weighted by Crippen LogP contribution is -2.41. The number of carbonyl (C=O) groups excluding carboxylic acids is 1. The van der Waals surface area contributed by atoms with E-state index in [9.17, 15) is 4.79 Å². The van der Waals surface area contributed by atoms with Crippen molar-refractivity contribution < 1.29 is 14.4 Å². The van der Waals surface area contributed by atoms with Gasteiger partial charge in [-0.1, -0.05) is 5.16 Å². The lowest BCUT2D eigenvalue weighted by molar-refractivity contribution is -0.126. The molecule has 0 spiro atoms. The SMILES string of the molecule is Cc1cc(CN2CCC(C(=O)NC[C@H](C)O)CC2)on1. The Hall–Kier alpha value is -1.40. The molecule has 1 aliphatic heterocycles. The summed E-state index contributed by atoms with van der Waals surface area (Å²) in [6, 6.07) is 1.95. The van der Waals surface area contributed by atoms with Crippen LogP contribution in [0.3, 0.4) is 0 Å². The summed E-state index contributed by atoms with van der Waals surface area (Å²) in [5.74, 6) is 0.988. The Labute approximate surface area is 119 Å². The second-order valence-electron chi connectivity index (χ2n) is 5.58. The van der Waals surface area contributed by atoms with Crippen molar-refractivity contribution in [2.24, 2.45) is 5.92 Å². The first kappa shape index (κ1) is 15.0. The number of aryl methyl sites for hydroxylation is 1. The molecule has 20 heavy (non-hydrogen) atoms. The normalized spacial score (nSPS) is 18.9. The number of rotatable bonds is 5. The summed E-state index contributed by atoms with van der Waals surface area (Å²) >= 11 is 0. The summed E-state index contributed by atoms with van der Waals surface area (Å²) in [4.78, 5) is 14.2. The predicted molar refractivity (Wildman–Crippen MR) is 73.9 cm³/mol. The van der Waals surface area contributed by atoms with Crippen molar-refractivity contribution in [3.05, 3.63) is 17.5 Å². The molecule has 6 nitrogen and oxygen atoms in total. The van der Waals surface area contributed by atoms with Crippen LogP contribution in [0.15, 0.2) is 10.6 Å². The zero-order valence-corrected chi connectivity index (χ0v) is 12.1. The van der Waals surface area contributed by atoms with E-state index in [0.717, 1.165) is 43.9 Å². The summed E-state index contributed by atoms with van der Waals surface area (Å²) in [6.45, 7) is 6.42. The molecule has 1 aromatic rings. The van der Waals surface area contributed by atoms with Crippen LogP contribution in [0.25, 0.3) is 0 Å². The minimum absolute atomic E-state index is 0.0565. The second-order valence-corrected chi connectivity index (χ2v) is 5.58. The Morgan fingerprint density at radius 3 is 2.85 bits per heavy atom. The smallest absolute Gasteiger partial charge is 0.223 e. The molecule has 2 heterocycles. The van der Waals surface area contributed by atoms with Gasteiger partial charge in [0, 0.05) is 18.5 Å². The van der Waals surface area contributed by atoms with Gasteiger partial charge in [0.1, 0.15) is 0 Å². The largest absolute Gasteiger partial charge is 0.392 e. The Kier molecular flexibility index (Phi) is 5.14. The molecule has 0 radical (unpaired) electrons. The first-order valence-corrected chi connectivity index (χ1v) is 7.15. The fraction of sp³-hybridized carbons (Fsp3) is 0.714. The first-order valence-electron chi connectivity index (χ1n) is 7.15. The predicted octanol–water partition coefficient (Wildman–Crippen LogP) is 0.692. The van der Waals surface area contributed by atoms with E-state index in [4.69, 9.17) is 9.63 Å². The van der Waals surface area contributed by atoms with Gasteiger partial charge < -0.3 is 14.9 Å². The molecular weight excluding hydrogens is 258 g/mol. The van der Waals surface area contributed by atoms with Gasteiger partial charge >= 0.3 is 0 Å². The molecule has 6 heteroatoms. The molecule has 0 saturated carbocycles. The highest BCUT2D eigenvalue weighted by Gasteiger charge is 2.25. The average molecular weight is 281 g/mol. The minimum Gasteiger partial charge on any atom is -0.392 e. The van der Waals surface area contributed by atoms with Crippen molar-refractivity contribution in [2.45, 2.75) is 39.3 Å². The van der Waals surface area contributed by atoms with Crippen molar-refractivity contribution in [2.75, 3.05) is 19.6 Å². The molecule has 2 N–H and O–H groups in total. The lowest BCUT2D eigenvalue weighted by Gasteiger charge is -2.30. The zero-order valence-electron chi connectivity index (χ0n) is 12.1. The number of hydrogen-bond donors (Lipinski definition) is 2. The number of nitrogens with zero attached hydrogens (tertiary/aromatic N) is 2. The molecule has 2 rings (SSSR count). The standard InChI is InChI=1S/C14H23N3O3/c1-10-7-13(20-16-10)9-17-5-3-12(4-6-17)14(19)15-8-11(2)18/h7,11-12,18H,3-6,8-9H2,1-2H3,(H,15,19)/t11-/m0/s1. The number of amides is 1. The van der Waals surface area contributed by atoms with Crippen LogP contribution in [-0.2, 0) is 11.3 Å². The molecule has 0 aliphatic carbocycles. The summed E-state index contributed by atoms with van der Waals surface area (Å²) < 4.78 is 5.21. The fourth-order valence-electron chi connectivity index (χ4n) is 2.46. The molecular formula is C14H23N3O3. The van der Waals surface area contributed by atoms with E-state index in [1.54, 1.807) is 6.92 Å². The number of nitrogens with one attached hydrogen (secondary N) is 1. The lowest BCUT2D eigenvalue weighted by atomic mass is 9.96. The van der Waals surface area contributed by atoms with Crippen LogP contribution in [0, 0.1) is 12.8 Å². The highest BCUT2D eigenvalue weighted by Crippen LogP contribution is 2.19. The van der Waals surface area contributed by atoms with E-state index in [2.05, 4.69) is 15.4 Å². The molecule has 0 unspecified atom stereocenters. The summed E-state index contributed by atoms with van der Waals surface area (Å²) in [6.07, 6.45) is 1.20. The Balaban J connectivity index is 1.73. The van der Waals surface area contributed by atoms with E-state index >= 15 is 0 Å². The number of carbonyl (C=O) groups is 1. The van der Waals surface area contributed by atoms with Gasteiger partial charge in [-0.2, -0.15) is 0 Å². The van der Waals surface area contributed by atoms with Crippen molar-refractivity contribution >= 4 is 5.91 Å². The maximum Gasteiger partial charge on any atom is 0.223 e. The van der Waals surface area contributed by atoms with Crippen LogP contribution >= 0.6 is 0 Å². The maximum absolute atomic E-state index is 11.9. The monoisotopic (exact) mass is 281 g/mol. The number of hydrogen-bond acceptors (Lipinski definition) is 5. The van der Waals surface area contributed by atoms with E-state index in [1.165, 1.54) is 0 Å². The van der Waals surface area contributed by atoms with E-state index in [1.807, 2.05) is 13.0 Å². The average Bonchev–Trinajstić information content (AvgIpc) is 2.82. The molecule has 1 saturated heterocycles. The molecule has 1 atom stereocenters. The van der Waals surface area contributed by atoms with Crippen LogP contribution in [0.2, 0.25) is 0 Å². The summed E-state index contributed by atoms with van der Waals surface area (Å²) in [5.41, 5.74) is 0.896. The Morgan fingerprint density at radius 2 is 2.30 bits per heavy atom. The summed E-state index contributed by atoms with van der Waals surface area (Å²) in [5, 5.41) is 15.8. The molecule has 1 aliphatic rings. The van der Waals surface area contributed by atoms with Crippen LogP contribution in [0.4, 0.5) is 0 Å². The number of aliphatic hydroxyl groups is 1. The van der Waals surface area contributed by atoms with Crippen LogP contribution in [-0.4, -0.2) is 46.8 Å². The third kappa shape index (κ3) is 4.31. The molecule has 0 bridgehead atoms. The van der Waals surface area contributed by atoms with Gasteiger partial charge in [-0.05, 0) is 39.8 Å². The fourth-order valence-corrected chi connectivity index (χ4v) is 2.46. The molecule has 1 amide bonds. The zero-order chi connectivity index (χ0) is 14.5. The number of aromatic nitrogens is 1. The molecule has 1 fully saturated rings. The first-order chi connectivity index (χ1) is 9.54. The third-order valence-electron chi connectivity index (χ3n) is 3.59. The van der Waals surface area contributed by atoms with Gasteiger partial charge in [-0.3, -0.25) is 9.69 Å². The van der Waals surface area contributed by atoms with E-state index < -0.39 is 6.10 Å². The summed E-state index contributed by atoms with van der Waals surface area (Å²) in [7, 11) is 0. The Bertz CT molecular complexity index is 437. The second kappa shape index (κ2) is 6.85. The minimum atomic E-state index is -0.492. The third-order valence-corrected chi connectivity index (χ3v) is 3.59. The quantitative estimate of drug-likeness (QED) is 0.830. The highest BCUT2D eigenvalue weighted by molar-refractivity contribution is 5.78. The topological polar surface area (TPSA) is 78.6 Å². The van der Waals surface area contributed by atoms with Gasteiger partial charge in [-0.25, -0.2) is 0 Å².